The summed E-state index contributed by atoms with van der Waals surface area (Å²) < 4.78 is 4.50. The van der Waals surface area contributed by atoms with Crippen LogP contribution >= 0.6 is 11.3 Å². The van der Waals surface area contributed by atoms with E-state index in [-0.39, 0.29) is 5.91 Å². The molecule has 2 aromatic heterocycles. The first kappa shape index (κ1) is 16.1. The number of anilines is 1. The normalized spacial score (nSPS) is 10.8. The van der Waals surface area contributed by atoms with Gasteiger partial charge in [-0.25, -0.2) is 9.78 Å². The van der Waals surface area contributed by atoms with Crippen molar-refractivity contribution in [3.63, 3.8) is 0 Å². The van der Waals surface area contributed by atoms with E-state index >= 15 is 0 Å². The van der Waals surface area contributed by atoms with Crippen molar-refractivity contribution >= 4 is 22.9 Å². The molecule has 1 aromatic carbocycles. The van der Waals surface area contributed by atoms with Gasteiger partial charge in [-0.1, -0.05) is 24.2 Å². The van der Waals surface area contributed by atoms with Crippen molar-refractivity contribution < 1.29 is 9.32 Å². The summed E-state index contributed by atoms with van der Waals surface area (Å²) in [5, 5.41) is 7.46. The molecule has 0 saturated heterocycles. The molecule has 0 aliphatic heterocycles. The standard InChI is InChI=1S/C16H16N4O3S/c1-3-5-12-17-9(2)13(24-12)15(21)18-11-7-4-6-10(8-11)14-19-16(22)23-20-14/h4,6-8H,3,5H2,1-2H3,(H,18,21)(H,19,20,22). The predicted molar refractivity (Wildman–Crippen MR) is 91.4 cm³/mol. The fraction of sp³-hybridized carbons (Fsp3) is 0.250. The summed E-state index contributed by atoms with van der Waals surface area (Å²) in [7, 11) is 0. The lowest BCUT2D eigenvalue weighted by molar-refractivity contribution is 0.103. The minimum atomic E-state index is -0.622. The molecule has 124 valence electrons. The molecule has 24 heavy (non-hydrogen) atoms. The number of nitrogens with zero attached hydrogens (tertiary/aromatic N) is 2. The Morgan fingerprint density at radius 1 is 1.42 bits per heavy atom. The van der Waals surface area contributed by atoms with Crippen molar-refractivity contribution in [2.75, 3.05) is 5.32 Å². The van der Waals surface area contributed by atoms with Gasteiger partial charge in [0, 0.05) is 11.3 Å². The second-order valence-electron chi connectivity index (χ2n) is 5.25. The van der Waals surface area contributed by atoms with E-state index in [9.17, 15) is 9.59 Å². The molecule has 1 amide bonds. The van der Waals surface area contributed by atoms with Gasteiger partial charge in [0.1, 0.15) is 4.88 Å². The van der Waals surface area contributed by atoms with Crippen LogP contribution < -0.4 is 11.1 Å². The van der Waals surface area contributed by atoms with E-state index in [2.05, 4.69) is 31.9 Å². The van der Waals surface area contributed by atoms with E-state index in [4.69, 9.17) is 0 Å². The SMILES string of the molecule is CCCc1nc(C)c(C(=O)Nc2cccc(-c3noc(=O)[nH]3)c2)s1. The van der Waals surface area contributed by atoms with Crippen LogP contribution in [-0.4, -0.2) is 21.0 Å². The molecule has 0 saturated carbocycles. The summed E-state index contributed by atoms with van der Waals surface area (Å²) in [5.74, 6) is -0.503. The smallest absolute Gasteiger partial charge is 0.321 e. The number of aromatic amines is 1. The van der Waals surface area contributed by atoms with Crippen LogP contribution in [0.5, 0.6) is 0 Å². The number of carbonyl (C=O) groups excluding carboxylic acids is 1. The Morgan fingerprint density at radius 3 is 2.96 bits per heavy atom. The molecule has 0 fully saturated rings. The van der Waals surface area contributed by atoms with Crippen LogP contribution in [0.25, 0.3) is 11.4 Å². The van der Waals surface area contributed by atoms with Crippen LogP contribution in [0.4, 0.5) is 5.69 Å². The van der Waals surface area contributed by atoms with Crippen molar-refractivity contribution in [2.24, 2.45) is 0 Å². The van der Waals surface area contributed by atoms with Gasteiger partial charge < -0.3 is 5.32 Å². The minimum Gasteiger partial charge on any atom is -0.321 e. The van der Waals surface area contributed by atoms with E-state index in [0.717, 1.165) is 23.5 Å². The van der Waals surface area contributed by atoms with Crippen LogP contribution in [0.1, 0.15) is 33.7 Å². The van der Waals surface area contributed by atoms with Gasteiger partial charge in [-0.15, -0.1) is 11.3 Å². The lowest BCUT2D eigenvalue weighted by atomic mass is 10.2. The Balaban J connectivity index is 1.81. The zero-order chi connectivity index (χ0) is 17.1. The summed E-state index contributed by atoms with van der Waals surface area (Å²) in [6, 6.07) is 7.01. The molecule has 2 heterocycles. The highest BCUT2D eigenvalue weighted by Gasteiger charge is 2.15. The van der Waals surface area contributed by atoms with Gasteiger partial charge >= 0.3 is 5.76 Å². The largest absolute Gasteiger partial charge is 0.439 e. The number of rotatable bonds is 5. The first-order valence-corrected chi connectivity index (χ1v) is 8.32. The molecule has 0 aliphatic rings. The van der Waals surface area contributed by atoms with E-state index in [1.165, 1.54) is 11.3 Å². The number of thiazole rings is 1. The molecule has 2 N–H and O–H groups in total. The van der Waals surface area contributed by atoms with Crippen molar-refractivity contribution in [3.05, 3.63) is 50.4 Å². The molecule has 8 heteroatoms. The maximum absolute atomic E-state index is 12.5. The Morgan fingerprint density at radius 2 is 2.25 bits per heavy atom. The third kappa shape index (κ3) is 3.43. The van der Waals surface area contributed by atoms with Crippen LogP contribution in [0.2, 0.25) is 0 Å². The maximum atomic E-state index is 12.5. The van der Waals surface area contributed by atoms with E-state index < -0.39 is 5.76 Å². The quantitative estimate of drug-likeness (QED) is 0.741. The number of amides is 1. The fourth-order valence-corrected chi connectivity index (χ4v) is 3.33. The van der Waals surface area contributed by atoms with Gasteiger partial charge in [-0.3, -0.25) is 14.3 Å². The summed E-state index contributed by atoms with van der Waals surface area (Å²) in [5.41, 5.74) is 1.98. The van der Waals surface area contributed by atoms with Crippen molar-refractivity contribution in [1.82, 2.24) is 15.1 Å². The number of hydrogen-bond acceptors (Lipinski definition) is 6. The summed E-state index contributed by atoms with van der Waals surface area (Å²) in [6.07, 6.45) is 1.86. The second kappa shape index (κ2) is 6.79. The van der Waals surface area contributed by atoms with Gasteiger partial charge in [0.2, 0.25) is 0 Å². The van der Waals surface area contributed by atoms with Crippen LogP contribution in [-0.2, 0) is 6.42 Å². The summed E-state index contributed by atoms with van der Waals surface area (Å²) in [6.45, 7) is 3.91. The number of carbonyl (C=O) groups is 1. The topological polar surface area (TPSA) is 101 Å². The van der Waals surface area contributed by atoms with Gasteiger partial charge in [0.25, 0.3) is 5.91 Å². The van der Waals surface area contributed by atoms with Crippen molar-refractivity contribution in [3.8, 4) is 11.4 Å². The molecule has 3 aromatic rings. The summed E-state index contributed by atoms with van der Waals surface area (Å²) in [4.78, 5) is 31.0. The Kier molecular flexibility index (Phi) is 4.57. The van der Waals surface area contributed by atoms with Crippen LogP contribution in [0.15, 0.2) is 33.6 Å². The number of hydrogen-bond donors (Lipinski definition) is 2. The lowest BCUT2D eigenvalue weighted by Gasteiger charge is -2.05. The highest BCUT2D eigenvalue weighted by atomic mass is 32.1. The molecular weight excluding hydrogens is 328 g/mol. The number of nitrogens with one attached hydrogen (secondary N) is 2. The molecule has 0 radical (unpaired) electrons. The molecule has 0 aliphatic carbocycles. The van der Waals surface area contributed by atoms with Gasteiger partial charge in [-0.2, -0.15) is 0 Å². The van der Waals surface area contributed by atoms with Gasteiger partial charge in [-0.05, 0) is 31.9 Å². The molecule has 0 bridgehead atoms. The highest BCUT2D eigenvalue weighted by Crippen LogP contribution is 2.23. The number of benzene rings is 1. The first-order valence-electron chi connectivity index (χ1n) is 7.51. The zero-order valence-corrected chi connectivity index (χ0v) is 14.1. The van der Waals surface area contributed by atoms with E-state index in [0.29, 0.717) is 22.0 Å². The average Bonchev–Trinajstić information content (AvgIpc) is 3.14. The monoisotopic (exact) mass is 344 g/mol. The number of aryl methyl sites for hydroxylation is 2. The zero-order valence-electron chi connectivity index (χ0n) is 13.3. The van der Waals surface area contributed by atoms with Crippen molar-refractivity contribution in [1.29, 1.82) is 0 Å². The third-order valence-corrected chi connectivity index (χ3v) is 4.56. The Labute approximate surface area is 141 Å². The fourth-order valence-electron chi connectivity index (χ4n) is 2.27. The molecule has 3 rings (SSSR count). The second-order valence-corrected chi connectivity index (χ2v) is 6.33. The Bertz CT molecular complexity index is 925. The average molecular weight is 344 g/mol. The molecule has 0 atom stereocenters. The van der Waals surface area contributed by atoms with Crippen LogP contribution in [0.3, 0.4) is 0 Å². The molecule has 0 unspecified atom stereocenters. The lowest BCUT2D eigenvalue weighted by Crippen LogP contribution is -2.11. The number of H-pyrrole nitrogens is 1. The van der Waals surface area contributed by atoms with Crippen molar-refractivity contribution in [2.45, 2.75) is 26.7 Å². The van der Waals surface area contributed by atoms with Gasteiger partial charge in [0.05, 0.1) is 10.7 Å². The molecule has 7 nitrogen and oxygen atoms in total. The maximum Gasteiger partial charge on any atom is 0.439 e. The third-order valence-electron chi connectivity index (χ3n) is 3.35. The van der Waals surface area contributed by atoms with Crippen LogP contribution in [0, 0.1) is 6.92 Å². The number of aromatic nitrogens is 3. The van der Waals surface area contributed by atoms with Gasteiger partial charge in [0.15, 0.2) is 5.82 Å². The first-order chi connectivity index (χ1) is 11.6. The molecular formula is C16H16N4O3S. The Hall–Kier alpha value is -2.74. The van der Waals surface area contributed by atoms with E-state index in [1.807, 2.05) is 6.92 Å². The summed E-state index contributed by atoms with van der Waals surface area (Å²) >= 11 is 1.42. The highest BCUT2D eigenvalue weighted by molar-refractivity contribution is 7.13. The molecule has 0 spiro atoms. The van der Waals surface area contributed by atoms with E-state index in [1.54, 1.807) is 24.3 Å². The predicted octanol–water partition coefficient (Wildman–Crippen LogP) is 3.00. The minimum absolute atomic E-state index is 0.196.